The molecule has 1 aromatic carbocycles. The molecule has 1 atom stereocenters. The van der Waals surface area contributed by atoms with Crippen LogP contribution in [0.3, 0.4) is 0 Å². The average Bonchev–Trinajstić information content (AvgIpc) is 3.11. The van der Waals surface area contributed by atoms with Crippen LogP contribution in [-0.2, 0) is 13.0 Å². The van der Waals surface area contributed by atoms with E-state index in [1.165, 1.54) is 9.58 Å². The molecule has 13 heteroatoms. The number of amides is 1. The largest absolute Gasteiger partial charge is 0.573 e. The molecule has 0 bridgehead atoms. The van der Waals surface area contributed by atoms with E-state index in [0.717, 1.165) is 30.6 Å². The second-order valence-electron chi connectivity index (χ2n) is 6.75. The van der Waals surface area contributed by atoms with Gasteiger partial charge in [0.2, 0.25) is 0 Å². The monoisotopic (exact) mass is 440 g/mol. The predicted octanol–water partition coefficient (Wildman–Crippen LogP) is 2.82. The number of benzene rings is 1. The van der Waals surface area contributed by atoms with Gasteiger partial charge in [0.15, 0.2) is 17.4 Å². The zero-order chi connectivity index (χ0) is 22.3. The van der Waals surface area contributed by atoms with E-state index in [9.17, 15) is 26.7 Å². The smallest absolute Gasteiger partial charge is 0.403 e. The van der Waals surface area contributed by atoms with Crippen LogP contribution in [0.1, 0.15) is 28.7 Å². The molecule has 0 spiro atoms. The summed E-state index contributed by atoms with van der Waals surface area (Å²) in [5.74, 6) is -3.86. The van der Waals surface area contributed by atoms with Crippen LogP contribution in [-0.4, -0.2) is 48.2 Å². The quantitative estimate of drug-likeness (QED) is 0.583. The second-order valence-corrected chi connectivity index (χ2v) is 6.75. The summed E-state index contributed by atoms with van der Waals surface area (Å²) in [5.41, 5.74) is 0.395. The number of nitrogens with zero attached hydrogens (tertiary/aromatic N) is 6. The van der Waals surface area contributed by atoms with Crippen molar-refractivity contribution in [2.75, 3.05) is 0 Å². The summed E-state index contributed by atoms with van der Waals surface area (Å²) in [4.78, 5) is 21.9. The third kappa shape index (κ3) is 4.02. The summed E-state index contributed by atoms with van der Waals surface area (Å²) < 4.78 is 70.0. The van der Waals surface area contributed by atoms with Gasteiger partial charge in [-0.3, -0.25) is 4.79 Å². The van der Waals surface area contributed by atoms with Crippen molar-refractivity contribution in [3.05, 3.63) is 59.2 Å². The van der Waals surface area contributed by atoms with Crippen molar-refractivity contribution in [1.29, 1.82) is 0 Å². The van der Waals surface area contributed by atoms with Crippen molar-refractivity contribution >= 4 is 5.91 Å². The number of alkyl halides is 3. The normalized spacial score (nSPS) is 16.2. The Bertz CT molecular complexity index is 1130. The number of carbonyl (C=O) groups is 1. The molecule has 0 fully saturated rings. The maximum Gasteiger partial charge on any atom is 0.573 e. The van der Waals surface area contributed by atoms with E-state index in [0.29, 0.717) is 11.4 Å². The van der Waals surface area contributed by atoms with Gasteiger partial charge in [-0.05, 0) is 19.1 Å². The van der Waals surface area contributed by atoms with E-state index in [1.807, 2.05) is 0 Å². The molecule has 0 saturated heterocycles. The summed E-state index contributed by atoms with van der Waals surface area (Å²) in [6.07, 6.45) is -2.93. The fraction of sp³-hybridized carbons (Fsp3) is 0.278. The zero-order valence-electron chi connectivity index (χ0n) is 15.8. The number of ether oxygens (including phenoxy) is 1. The van der Waals surface area contributed by atoms with Crippen LogP contribution in [0.5, 0.6) is 5.75 Å². The van der Waals surface area contributed by atoms with Gasteiger partial charge >= 0.3 is 6.36 Å². The van der Waals surface area contributed by atoms with Crippen LogP contribution < -0.4 is 4.74 Å². The van der Waals surface area contributed by atoms with Gasteiger partial charge in [0, 0.05) is 12.5 Å². The number of halogens is 5. The Balaban J connectivity index is 1.61. The fourth-order valence-corrected chi connectivity index (χ4v) is 3.25. The van der Waals surface area contributed by atoms with Gasteiger partial charge in [0.1, 0.15) is 5.69 Å². The molecule has 2 aromatic heterocycles. The number of carbonyl (C=O) groups excluding carboxylic acids is 1. The van der Waals surface area contributed by atoms with Crippen molar-refractivity contribution in [3.63, 3.8) is 0 Å². The van der Waals surface area contributed by atoms with Gasteiger partial charge in [-0.2, -0.15) is 4.68 Å². The topological polar surface area (TPSA) is 86.0 Å². The van der Waals surface area contributed by atoms with E-state index < -0.39 is 41.3 Å². The Kier molecular flexibility index (Phi) is 5.03. The summed E-state index contributed by atoms with van der Waals surface area (Å²) in [6, 6.07) is 2.47. The number of hydrogen-bond acceptors (Lipinski definition) is 6. The van der Waals surface area contributed by atoms with Crippen molar-refractivity contribution in [2.45, 2.75) is 32.3 Å². The highest BCUT2D eigenvalue weighted by molar-refractivity contribution is 5.95. The lowest BCUT2D eigenvalue weighted by Crippen LogP contribution is -2.43. The van der Waals surface area contributed by atoms with E-state index in [2.05, 4.69) is 25.0 Å². The van der Waals surface area contributed by atoms with Crippen LogP contribution in [0.15, 0.2) is 30.6 Å². The lowest BCUT2D eigenvalue weighted by molar-refractivity contribution is -0.275. The highest BCUT2D eigenvalue weighted by atomic mass is 19.4. The minimum atomic E-state index is -5.10. The summed E-state index contributed by atoms with van der Waals surface area (Å²) in [7, 11) is 0. The Labute approximate surface area is 171 Å². The first-order valence-corrected chi connectivity index (χ1v) is 8.90. The third-order valence-corrected chi connectivity index (χ3v) is 4.66. The minimum Gasteiger partial charge on any atom is -0.403 e. The number of fused-ring (bicyclic) bond motifs is 1. The molecule has 1 aliphatic rings. The predicted molar refractivity (Wildman–Crippen MR) is 93.0 cm³/mol. The molecule has 3 heterocycles. The average molecular weight is 440 g/mol. The molecule has 0 N–H and O–H groups in total. The van der Waals surface area contributed by atoms with Gasteiger partial charge in [0.05, 0.1) is 30.2 Å². The molecule has 3 aromatic rings. The van der Waals surface area contributed by atoms with E-state index in [1.54, 1.807) is 6.92 Å². The zero-order valence-corrected chi connectivity index (χ0v) is 15.8. The standard InChI is InChI=1S/C18H13F5N6O2/c1-9-5-13-12(26-27-29(13)17-24-6-10(19)7-25-17)8-28(9)16(30)11-3-2-4-14(15(11)20)31-18(21,22)23/h2-4,6-7,9H,5,8H2,1H3. The molecule has 4 rings (SSSR count). The molecule has 31 heavy (non-hydrogen) atoms. The van der Waals surface area contributed by atoms with Crippen LogP contribution in [0.4, 0.5) is 22.0 Å². The Morgan fingerprint density at radius 2 is 1.90 bits per heavy atom. The van der Waals surface area contributed by atoms with Gasteiger partial charge in [-0.25, -0.2) is 18.7 Å². The Morgan fingerprint density at radius 1 is 1.19 bits per heavy atom. The van der Waals surface area contributed by atoms with Crippen LogP contribution in [0.2, 0.25) is 0 Å². The molecule has 0 saturated carbocycles. The van der Waals surface area contributed by atoms with E-state index >= 15 is 0 Å². The van der Waals surface area contributed by atoms with Crippen molar-refractivity contribution in [2.24, 2.45) is 0 Å². The SMILES string of the molecule is CC1Cc2c(nnn2-c2ncc(F)cn2)CN1C(=O)c1cccc(OC(F)(F)F)c1F. The first kappa shape index (κ1) is 20.6. The molecule has 0 radical (unpaired) electrons. The van der Waals surface area contributed by atoms with Gasteiger partial charge in [-0.1, -0.05) is 11.3 Å². The van der Waals surface area contributed by atoms with E-state index in [4.69, 9.17) is 0 Å². The number of aromatic nitrogens is 5. The van der Waals surface area contributed by atoms with E-state index in [-0.39, 0.29) is 18.9 Å². The Morgan fingerprint density at radius 3 is 2.58 bits per heavy atom. The summed E-state index contributed by atoms with van der Waals surface area (Å²) in [6.45, 7) is 1.61. The maximum atomic E-state index is 14.5. The van der Waals surface area contributed by atoms with Crippen LogP contribution in [0, 0.1) is 11.6 Å². The van der Waals surface area contributed by atoms with Gasteiger partial charge in [-0.15, -0.1) is 18.3 Å². The third-order valence-electron chi connectivity index (χ3n) is 4.66. The molecular formula is C18H13F5N6O2. The summed E-state index contributed by atoms with van der Waals surface area (Å²) in [5, 5.41) is 7.92. The molecule has 162 valence electrons. The molecule has 8 nitrogen and oxygen atoms in total. The molecular weight excluding hydrogens is 427 g/mol. The van der Waals surface area contributed by atoms with Crippen molar-refractivity contribution < 1.29 is 31.5 Å². The second kappa shape index (κ2) is 7.56. The first-order valence-electron chi connectivity index (χ1n) is 8.90. The van der Waals surface area contributed by atoms with Crippen molar-refractivity contribution in [3.8, 4) is 11.7 Å². The highest BCUT2D eigenvalue weighted by Crippen LogP contribution is 2.30. The first-order chi connectivity index (χ1) is 14.6. The highest BCUT2D eigenvalue weighted by Gasteiger charge is 2.36. The molecule has 1 aliphatic heterocycles. The van der Waals surface area contributed by atoms with Crippen LogP contribution >= 0.6 is 0 Å². The molecule has 1 unspecified atom stereocenters. The van der Waals surface area contributed by atoms with Crippen LogP contribution in [0.25, 0.3) is 5.95 Å². The maximum absolute atomic E-state index is 14.5. The summed E-state index contributed by atoms with van der Waals surface area (Å²) >= 11 is 0. The Hall–Kier alpha value is -3.64. The van der Waals surface area contributed by atoms with Crippen molar-refractivity contribution in [1.82, 2.24) is 29.9 Å². The van der Waals surface area contributed by atoms with Gasteiger partial charge < -0.3 is 9.64 Å². The molecule has 0 aliphatic carbocycles. The fourth-order valence-electron chi connectivity index (χ4n) is 3.25. The minimum absolute atomic E-state index is 0.0691. The van der Waals surface area contributed by atoms with Gasteiger partial charge in [0.25, 0.3) is 11.9 Å². The molecule has 1 amide bonds. The lowest BCUT2D eigenvalue weighted by atomic mass is 10.0. The lowest BCUT2D eigenvalue weighted by Gasteiger charge is -2.33. The number of hydrogen-bond donors (Lipinski definition) is 0. The number of rotatable bonds is 3.